The van der Waals surface area contributed by atoms with Crippen molar-refractivity contribution in [2.24, 2.45) is 0 Å². The number of amides is 1. The normalized spacial score (nSPS) is 17.4. The van der Waals surface area contributed by atoms with Crippen molar-refractivity contribution in [1.29, 1.82) is 0 Å². The third-order valence-corrected chi connectivity index (χ3v) is 3.22. The van der Waals surface area contributed by atoms with Gasteiger partial charge in [0.25, 0.3) is 5.91 Å². The minimum absolute atomic E-state index is 0.0210. The zero-order valence-electron chi connectivity index (χ0n) is 11.9. The van der Waals surface area contributed by atoms with Crippen molar-refractivity contribution in [2.45, 2.75) is 32.3 Å². The van der Waals surface area contributed by atoms with Gasteiger partial charge in [-0.2, -0.15) is 0 Å². The van der Waals surface area contributed by atoms with Crippen LogP contribution in [0.2, 0.25) is 0 Å². The predicted molar refractivity (Wildman–Crippen MR) is 80.8 cm³/mol. The number of allylic oxidation sites excluding steroid dienone is 1. The van der Waals surface area contributed by atoms with E-state index in [2.05, 4.69) is 10.6 Å². The number of hydrogen-bond donors (Lipinski definition) is 2. The van der Waals surface area contributed by atoms with Crippen molar-refractivity contribution in [2.75, 3.05) is 18.4 Å². The summed E-state index contributed by atoms with van der Waals surface area (Å²) in [7, 11) is 0. The van der Waals surface area contributed by atoms with E-state index in [4.69, 9.17) is 4.74 Å². The van der Waals surface area contributed by atoms with Crippen molar-refractivity contribution < 1.29 is 9.53 Å². The number of carbonyl (C=O) groups excluding carboxylic acids is 1. The minimum atomic E-state index is -0.0210. The Labute approximate surface area is 120 Å². The maximum atomic E-state index is 11.9. The highest BCUT2D eigenvalue weighted by Crippen LogP contribution is 2.14. The molecule has 1 atom stereocenters. The molecule has 1 aliphatic rings. The summed E-state index contributed by atoms with van der Waals surface area (Å²) in [6, 6.07) is 7.57. The van der Waals surface area contributed by atoms with E-state index in [1.54, 1.807) is 6.26 Å². The fourth-order valence-electron chi connectivity index (χ4n) is 2.08. The minimum Gasteiger partial charge on any atom is -0.497 e. The SMILES string of the molecule is CCCNC(=O)c1cccc(NCC2CCC=CO2)c1. The summed E-state index contributed by atoms with van der Waals surface area (Å²) in [6.07, 6.45) is 7.04. The highest BCUT2D eigenvalue weighted by molar-refractivity contribution is 5.95. The number of anilines is 1. The molecule has 4 heteroatoms. The van der Waals surface area contributed by atoms with Crippen LogP contribution in [0.25, 0.3) is 0 Å². The molecule has 0 fully saturated rings. The van der Waals surface area contributed by atoms with Gasteiger partial charge >= 0.3 is 0 Å². The molecule has 4 nitrogen and oxygen atoms in total. The van der Waals surface area contributed by atoms with Crippen molar-refractivity contribution in [3.63, 3.8) is 0 Å². The molecule has 1 unspecified atom stereocenters. The molecule has 2 rings (SSSR count). The van der Waals surface area contributed by atoms with E-state index in [-0.39, 0.29) is 12.0 Å². The summed E-state index contributed by atoms with van der Waals surface area (Å²) in [5.74, 6) is -0.0210. The third kappa shape index (κ3) is 4.30. The van der Waals surface area contributed by atoms with E-state index in [1.165, 1.54) is 0 Å². The maximum absolute atomic E-state index is 11.9. The topological polar surface area (TPSA) is 50.4 Å². The van der Waals surface area contributed by atoms with Crippen LogP contribution in [0.3, 0.4) is 0 Å². The van der Waals surface area contributed by atoms with E-state index in [0.29, 0.717) is 12.1 Å². The van der Waals surface area contributed by atoms with Gasteiger partial charge in [0.1, 0.15) is 6.10 Å². The molecule has 20 heavy (non-hydrogen) atoms. The Kier molecular flexibility index (Phi) is 5.47. The fourth-order valence-corrected chi connectivity index (χ4v) is 2.08. The second-order valence-electron chi connectivity index (χ2n) is 4.92. The van der Waals surface area contributed by atoms with E-state index in [9.17, 15) is 4.79 Å². The molecule has 0 saturated heterocycles. The molecule has 0 aromatic heterocycles. The molecule has 1 aromatic carbocycles. The van der Waals surface area contributed by atoms with Gasteiger partial charge in [0.15, 0.2) is 0 Å². The van der Waals surface area contributed by atoms with Gasteiger partial charge in [-0.15, -0.1) is 0 Å². The lowest BCUT2D eigenvalue weighted by molar-refractivity contribution is 0.0953. The molecule has 0 saturated carbocycles. The Bertz CT molecular complexity index is 471. The first-order valence-electron chi connectivity index (χ1n) is 7.22. The molecular weight excluding hydrogens is 252 g/mol. The van der Waals surface area contributed by atoms with Crippen molar-refractivity contribution in [1.82, 2.24) is 5.32 Å². The Balaban J connectivity index is 1.88. The first-order chi connectivity index (χ1) is 9.79. The van der Waals surface area contributed by atoms with Crippen LogP contribution in [0.1, 0.15) is 36.5 Å². The summed E-state index contributed by atoms with van der Waals surface area (Å²) in [5, 5.41) is 6.21. The predicted octanol–water partition coefficient (Wildman–Crippen LogP) is 2.93. The average molecular weight is 274 g/mol. The Hall–Kier alpha value is -1.97. The summed E-state index contributed by atoms with van der Waals surface area (Å²) in [5.41, 5.74) is 1.64. The van der Waals surface area contributed by atoms with Crippen LogP contribution in [-0.2, 0) is 4.74 Å². The highest BCUT2D eigenvalue weighted by atomic mass is 16.5. The molecule has 1 heterocycles. The van der Waals surface area contributed by atoms with Gasteiger partial charge in [-0.1, -0.05) is 13.0 Å². The van der Waals surface area contributed by atoms with Gasteiger partial charge in [0.05, 0.1) is 12.8 Å². The number of carbonyl (C=O) groups is 1. The summed E-state index contributed by atoms with van der Waals surface area (Å²) in [4.78, 5) is 11.9. The molecule has 1 aliphatic heterocycles. The van der Waals surface area contributed by atoms with Crippen LogP contribution in [0.4, 0.5) is 5.69 Å². The Morgan fingerprint density at radius 1 is 1.45 bits per heavy atom. The van der Waals surface area contributed by atoms with Crippen molar-refractivity contribution in [3.05, 3.63) is 42.2 Å². The maximum Gasteiger partial charge on any atom is 0.251 e. The standard InChI is InChI=1S/C16H22N2O2/c1-2-9-17-16(19)13-6-5-7-14(11-13)18-12-15-8-3-4-10-20-15/h4-7,10-11,15,18H,2-3,8-9,12H2,1H3,(H,17,19). The highest BCUT2D eigenvalue weighted by Gasteiger charge is 2.11. The lowest BCUT2D eigenvalue weighted by atomic mass is 10.1. The molecule has 0 radical (unpaired) electrons. The van der Waals surface area contributed by atoms with E-state index < -0.39 is 0 Å². The molecule has 2 N–H and O–H groups in total. The van der Waals surface area contributed by atoms with Gasteiger partial charge in [0, 0.05) is 17.8 Å². The lowest BCUT2D eigenvalue weighted by Gasteiger charge is -2.20. The summed E-state index contributed by atoms with van der Waals surface area (Å²) >= 11 is 0. The molecule has 0 aliphatic carbocycles. The van der Waals surface area contributed by atoms with Gasteiger partial charge in [-0.3, -0.25) is 4.79 Å². The third-order valence-electron chi connectivity index (χ3n) is 3.22. The van der Waals surface area contributed by atoms with Gasteiger partial charge < -0.3 is 15.4 Å². The van der Waals surface area contributed by atoms with E-state index in [0.717, 1.165) is 31.5 Å². The van der Waals surface area contributed by atoms with Crippen LogP contribution >= 0.6 is 0 Å². The molecule has 0 spiro atoms. The van der Waals surface area contributed by atoms with Crippen LogP contribution in [0.5, 0.6) is 0 Å². The Morgan fingerprint density at radius 3 is 3.10 bits per heavy atom. The van der Waals surface area contributed by atoms with E-state index in [1.807, 2.05) is 37.3 Å². The van der Waals surface area contributed by atoms with Crippen LogP contribution < -0.4 is 10.6 Å². The number of nitrogens with one attached hydrogen (secondary N) is 2. The average Bonchev–Trinajstić information content (AvgIpc) is 2.52. The summed E-state index contributed by atoms with van der Waals surface area (Å²) in [6.45, 7) is 3.50. The largest absolute Gasteiger partial charge is 0.497 e. The van der Waals surface area contributed by atoms with Gasteiger partial charge in [0.2, 0.25) is 0 Å². The first kappa shape index (κ1) is 14.4. The fraction of sp³-hybridized carbons (Fsp3) is 0.438. The van der Waals surface area contributed by atoms with Crippen LogP contribution in [-0.4, -0.2) is 25.1 Å². The quantitative estimate of drug-likeness (QED) is 0.838. The molecule has 1 aromatic rings. The number of rotatable bonds is 6. The number of benzene rings is 1. The van der Waals surface area contributed by atoms with Gasteiger partial charge in [-0.25, -0.2) is 0 Å². The lowest BCUT2D eigenvalue weighted by Crippen LogP contribution is -2.25. The van der Waals surface area contributed by atoms with E-state index >= 15 is 0 Å². The second-order valence-corrected chi connectivity index (χ2v) is 4.92. The van der Waals surface area contributed by atoms with Crippen molar-refractivity contribution >= 4 is 11.6 Å². The molecule has 0 bridgehead atoms. The number of hydrogen-bond acceptors (Lipinski definition) is 3. The zero-order chi connectivity index (χ0) is 14.2. The summed E-state index contributed by atoms with van der Waals surface area (Å²) < 4.78 is 5.51. The van der Waals surface area contributed by atoms with Crippen LogP contribution in [0, 0.1) is 0 Å². The monoisotopic (exact) mass is 274 g/mol. The van der Waals surface area contributed by atoms with Gasteiger partial charge in [-0.05, 0) is 43.5 Å². The number of ether oxygens (including phenoxy) is 1. The second kappa shape index (κ2) is 7.58. The van der Waals surface area contributed by atoms with Crippen LogP contribution in [0.15, 0.2) is 36.6 Å². The Morgan fingerprint density at radius 2 is 2.35 bits per heavy atom. The molecule has 1 amide bonds. The smallest absolute Gasteiger partial charge is 0.251 e. The zero-order valence-corrected chi connectivity index (χ0v) is 11.9. The van der Waals surface area contributed by atoms with Crippen molar-refractivity contribution in [3.8, 4) is 0 Å². The molecule has 108 valence electrons. The molecular formula is C16H22N2O2. The first-order valence-corrected chi connectivity index (χ1v) is 7.22.